The second kappa shape index (κ2) is 8.61. The number of ketones is 1. The number of aromatic nitrogens is 1. The summed E-state index contributed by atoms with van der Waals surface area (Å²) >= 11 is 0. The van der Waals surface area contributed by atoms with Gasteiger partial charge in [0.15, 0.2) is 5.78 Å². The molecule has 1 amide bonds. The van der Waals surface area contributed by atoms with Gasteiger partial charge in [0.2, 0.25) is 5.91 Å². The van der Waals surface area contributed by atoms with Crippen LogP contribution in [0.25, 0.3) is 0 Å². The van der Waals surface area contributed by atoms with Crippen LogP contribution in [-0.2, 0) is 4.79 Å². The maximum atomic E-state index is 12.1. The number of benzene rings is 1. The zero-order valence-corrected chi connectivity index (χ0v) is 15.1. The summed E-state index contributed by atoms with van der Waals surface area (Å²) in [6.07, 6.45) is 5.95. The van der Waals surface area contributed by atoms with Gasteiger partial charge in [-0.15, -0.1) is 0 Å². The lowest BCUT2D eigenvalue weighted by atomic mass is 9.99. The number of rotatable bonds is 6. The van der Waals surface area contributed by atoms with Gasteiger partial charge in [-0.2, -0.15) is 0 Å². The highest BCUT2D eigenvalue weighted by atomic mass is 16.2. The monoisotopic (exact) mass is 351 g/mol. The van der Waals surface area contributed by atoms with E-state index in [1.165, 1.54) is 24.7 Å². The molecule has 0 saturated carbocycles. The van der Waals surface area contributed by atoms with Gasteiger partial charge in [-0.1, -0.05) is 6.92 Å². The maximum absolute atomic E-state index is 12.1. The molecule has 2 heterocycles. The molecule has 0 spiro atoms. The summed E-state index contributed by atoms with van der Waals surface area (Å²) in [7, 11) is 0. The molecule has 1 aliphatic rings. The zero-order valence-electron chi connectivity index (χ0n) is 15.1. The van der Waals surface area contributed by atoms with Crippen molar-refractivity contribution in [2.24, 2.45) is 5.92 Å². The molecule has 3 rings (SSSR count). The number of hydrogen-bond acceptors (Lipinski definition) is 4. The topological polar surface area (TPSA) is 62.3 Å². The van der Waals surface area contributed by atoms with Crippen LogP contribution in [0.2, 0.25) is 0 Å². The number of nitrogens with zero attached hydrogens (tertiary/aromatic N) is 2. The van der Waals surface area contributed by atoms with E-state index >= 15 is 0 Å². The fourth-order valence-corrected chi connectivity index (χ4v) is 3.14. The minimum absolute atomic E-state index is 0.0667. The first kappa shape index (κ1) is 18.1. The van der Waals surface area contributed by atoms with Crippen molar-refractivity contribution in [2.75, 3.05) is 23.3 Å². The minimum atomic E-state index is -0.151. The number of hydrogen-bond donors (Lipinski definition) is 1. The molecule has 1 aromatic carbocycles. The minimum Gasteiger partial charge on any atom is -0.372 e. The predicted octanol–water partition coefficient (Wildman–Crippen LogP) is 3.92. The molecule has 1 fully saturated rings. The zero-order chi connectivity index (χ0) is 18.4. The summed E-state index contributed by atoms with van der Waals surface area (Å²) < 4.78 is 0. The number of piperidine rings is 1. The van der Waals surface area contributed by atoms with Crippen LogP contribution in [0.4, 0.5) is 11.4 Å². The van der Waals surface area contributed by atoms with Gasteiger partial charge in [0, 0.05) is 55.3 Å². The van der Waals surface area contributed by atoms with Crippen LogP contribution in [0, 0.1) is 5.92 Å². The van der Waals surface area contributed by atoms with Crippen molar-refractivity contribution in [1.82, 2.24) is 4.98 Å². The van der Waals surface area contributed by atoms with E-state index in [2.05, 4.69) is 22.1 Å². The molecule has 5 nitrogen and oxygen atoms in total. The Bertz CT molecular complexity index is 736. The van der Waals surface area contributed by atoms with Gasteiger partial charge in [0.1, 0.15) is 0 Å². The van der Waals surface area contributed by atoms with Crippen LogP contribution in [0.15, 0.2) is 48.8 Å². The summed E-state index contributed by atoms with van der Waals surface area (Å²) in [5.74, 6) is 0.587. The molecule has 0 atom stereocenters. The van der Waals surface area contributed by atoms with Crippen molar-refractivity contribution in [2.45, 2.75) is 32.6 Å². The first-order chi connectivity index (χ1) is 12.6. The average molecular weight is 351 g/mol. The van der Waals surface area contributed by atoms with Crippen molar-refractivity contribution in [3.63, 3.8) is 0 Å². The lowest BCUT2D eigenvalue weighted by Crippen LogP contribution is -2.32. The van der Waals surface area contributed by atoms with Crippen molar-refractivity contribution in [3.05, 3.63) is 54.4 Å². The lowest BCUT2D eigenvalue weighted by Gasteiger charge is -2.32. The molecule has 0 aliphatic carbocycles. The Balaban J connectivity index is 1.48. The first-order valence-corrected chi connectivity index (χ1v) is 9.20. The summed E-state index contributed by atoms with van der Waals surface area (Å²) in [5, 5.41) is 2.86. The normalized spacial score (nSPS) is 14.9. The highest BCUT2D eigenvalue weighted by Crippen LogP contribution is 2.24. The maximum Gasteiger partial charge on any atom is 0.224 e. The summed E-state index contributed by atoms with van der Waals surface area (Å²) in [6, 6.07) is 11.4. The number of anilines is 2. The van der Waals surface area contributed by atoms with Crippen LogP contribution < -0.4 is 10.2 Å². The van der Waals surface area contributed by atoms with Crippen molar-refractivity contribution in [3.8, 4) is 0 Å². The second-order valence-corrected chi connectivity index (χ2v) is 6.93. The lowest BCUT2D eigenvalue weighted by molar-refractivity contribution is -0.116. The van der Waals surface area contributed by atoms with Gasteiger partial charge >= 0.3 is 0 Å². The third-order valence-corrected chi connectivity index (χ3v) is 4.86. The molecule has 2 aromatic rings. The smallest absolute Gasteiger partial charge is 0.224 e. The molecular formula is C21H25N3O2. The summed E-state index contributed by atoms with van der Waals surface area (Å²) in [6.45, 7) is 4.47. The van der Waals surface area contributed by atoms with Gasteiger partial charge in [0.25, 0.3) is 0 Å². The van der Waals surface area contributed by atoms with E-state index in [0.29, 0.717) is 5.56 Å². The average Bonchev–Trinajstić information content (AvgIpc) is 2.68. The van der Waals surface area contributed by atoms with E-state index in [1.807, 2.05) is 24.3 Å². The molecule has 26 heavy (non-hydrogen) atoms. The number of nitrogens with one attached hydrogen (secondary N) is 1. The Hall–Kier alpha value is -2.69. The summed E-state index contributed by atoms with van der Waals surface area (Å²) in [4.78, 5) is 30.4. The van der Waals surface area contributed by atoms with Crippen LogP contribution >= 0.6 is 0 Å². The van der Waals surface area contributed by atoms with Gasteiger partial charge in [-0.05, 0) is 55.2 Å². The van der Waals surface area contributed by atoms with Crippen molar-refractivity contribution >= 4 is 23.1 Å². The standard InChI is InChI=1S/C21H25N3O2/c1-16-10-13-24(14-11-16)19-6-4-18(5-7-19)23-21(26)9-8-20(25)17-3-2-12-22-15-17/h2-7,12,15-16H,8-11,13-14H2,1H3,(H,23,26). The first-order valence-electron chi connectivity index (χ1n) is 9.20. The Morgan fingerprint density at radius 3 is 2.50 bits per heavy atom. The van der Waals surface area contributed by atoms with Crippen molar-refractivity contribution in [1.29, 1.82) is 0 Å². The molecule has 136 valence electrons. The second-order valence-electron chi connectivity index (χ2n) is 6.93. The summed E-state index contributed by atoms with van der Waals surface area (Å²) in [5.41, 5.74) is 2.50. The van der Waals surface area contributed by atoms with Gasteiger partial charge < -0.3 is 10.2 Å². The Labute approximate surface area is 154 Å². The molecule has 1 saturated heterocycles. The molecular weight excluding hydrogens is 326 g/mol. The molecule has 0 bridgehead atoms. The van der Waals surface area contributed by atoms with E-state index < -0.39 is 0 Å². The number of carbonyl (C=O) groups is 2. The van der Waals surface area contributed by atoms with Crippen LogP contribution in [0.1, 0.15) is 43.0 Å². The fourth-order valence-electron chi connectivity index (χ4n) is 3.14. The van der Waals surface area contributed by atoms with E-state index in [4.69, 9.17) is 0 Å². The fraction of sp³-hybridized carbons (Fsp3) is 0.381. The molecule has 0 unspecified atom stereocenters. The Morgan fingerprint density at radius 1 is 1.12 bits per heavy atom. The molecule has 1 aliphatic heterocycles. The highest BCUT2D eigenvalue weighted by Gasteiger charge is 2.16. The van der Waals surface area contributed by atoms with E-state index in [1.54, 1.807) is 18.3 Å². The third kappa shape index (κ3) is 4.91. The predicted molar refractivity (Wildman–Crippen MR) is 103 cm³/mol. The van der Waals surface area contributed by atoms with Crippen LogP contribution in [0.3, 0.4) is 0 Å². The van der Waals surface area contributed by atoms with Crippen LogP contribution in [-0.4, -0.2) is 29.8 Å². The number of Topliss-reactive ketones (excluding diaryl/α,β-unsaturated/α-hetero) is 1. The van der Waals surface area contributed by atoms with Gasteiger partial charge in [-0.25, -0.2) is 0 Å². The van der Waals surface area contributed by atoms with Gasteiger partial charge in [0.05, 0.1) is 0 Å². The molecule has 1 aromatic heterocycles. The third-order valence-electron chi connectivity index (χ3n) is 4.86. The quantitative estimate of drug-likeness (QED) is 0.801. The SMILES string of the molecule is CC1CCN(c2ccc(NC(=O)CCC(=O)c3cccnc3)cc2)CC1. The van der Waals surface area contributed by atoms with Crippen LogP contribution in [0.5, 0.6) is 0 Å². The van der Waals surface area contributed by atoms with E-state index in [0.717, 1.165) is 24.7 Å². The largest absolute Gasteiger partial charge is 0.372 e. The van der Waals surface area contributed by atoms with Gasteiger partial charge in [-0.3, -0.25) is 14.6 Å². The molecule has 0 radical (unpaired) electrons. The number of pyridine rings is 1. The molecule has 5 heteroatoms. The molecule has 1 N–H and O–H groups in total. The number of amides is 1. The van der Waals surface area contributed by atoms with E-state index in [-0.39, 0.29) is 24.5 Å². The highest BCUT2D eigenvalue weighted by molar-refractivity contribution is 5.99. The van der Waals surface area contributed by atoms with Crippen molar-refractivity contribution < 1.29 is 9.59 Å². The number of carbonyl (C=O) groups excluding carboxylic acids is 2. The van der Waals surface area contributed by atoms with E-state index in [9.17, 15) is 9.59 Å². The Kier molecular flexibility index (Phi) is 6.00. The Morgan fingerprint density at radius 2 is 1.85 bits per heavy atom.